The molecule has 1 aromatic rings. The lowest BCUT2D eigenvalue weighted by atomic mass is 10.0. The number of oxime groups is 1. The molecule has 0 unspecified atom stereocenters. The van der Waals surface area contributed by atoms with E-state index in [9.17, 15) is 0 Å². The maximum Gasteiger partial charge on any atom is 0.142 e. The van der Waals surface area contributed by atoms with Gasteiger partial charge >= 0.3 is 0 Å². The largest absolute Gasteiger partial charge is 0.391 e. The Kier molecular flexibility index (Phi) is 4.77. The predicted molar refractivity (Wildman–Crippen MR) is 76.4 cm³/mol. The van der Waals surface area contributed by atoms with E-state index in [1.807, 2.05) is 36.6 Å². The van der Waals surface area contributed by atoms with Crippen molar-refractivity contribution in [1.29, 1.82) is 0 Å². The second-order valence-corrected chi connectivity index (χ2v) is 4.44. The average molecular weight is 241 g/mol. The number of allylic oxidation sites excluding steroid dienone is 2. The van der Waals surface area contributed by atoms with Gasteiger partial charge in [-0.2, -0.15) is 0 Å². The summed E-state index contributed by atoms with van der Waals surface area (Å²) in [6.45, 7) is 4.28. The smallest absolute Gasteiger partial charge is 0.142 e. The normalized spacial score (nSPS) is 15.4. The molecule has 0 amide bonds. The van der Waals surface area contributed by atoms with E-state index in [1.54, 1.807) is 0 Å². The fraction of sp³-hybridized carbons (Fsp3) is 0.312. The van der Waals surface area contributed by atoms with Crippen LogP contribution in [0.3, 0.4) is 0 Å². The molecule has 1 aliphatic carbocycles. The molecular weight excluding hydrogens is 222 g/mol. The van der Waals surface area contributed by atoms with Crippen molar-refractivity contribution in [2.45, 2.75) is 32.3 Å². The zero-order valence-corrected chi connectivity index (χ0v) is 10.6. The molecule has 0 saturated heterocycles. The minimum atomic E-state index is 0.492. The summed E-state index contributed by atoms with van der Waals surface area (Å²) < 4.78 is 0. The van der Waals surface area contributed by atoms with Crippen molar-refractivity contribution in [3.63, 3.8) is 0 Å². The Hall–Kier alpha value is -1.83. The molecule has 0 atom stereocenters. The van der Waals surface area contributed by atoms with Crippen LogP contribution in [0.4, 0.5) is 0 Å². The molecule has 1 aliphatic rings. The Labute approximate surface area is 109 Å². The molecule has 0 fully saturated rings. The molecule has 2 rings (SSSR count). The maximum absolute atomic E-state index is 5.35. The summed E-state index contributed by atoms with van der Waals surface area (Å²) in [5, 5.41) is 4.04. The highest BCUT2D eigenvalue weighted by molar-refractivity contribution is 5.78. The van der Waals surface area contributed by atoms with Crippen LogP contribution >= 0.6 is 0 Å². The van der Waals surface area contributed by atoms with E-state index in [4.69, 9.17) is 4.84 Å². The summed E-state index contributed by atoms with van der Waals surface area (Å²) in [5.74, 6) is 0. The van der Waals surface area contributed by atoms with Crippen LogP contribution < -0.4 is 0 Å². The summed E-state index contributed by atoms with van der Waals surface area (Å²) >= 11 is 0. The summed E-state index contributed by atoms with van der Waals surface area (Å²) in [4.78, 5) is 5.35. The SMILES string of the molecule is C=Cc1ccccc1CON=CC1=CCCCC1. The highest BCUT2D eigenvalue weighted by Crippen LogP contribution is 2.16. The first-order valence-electron chi connectivity index (χ1n) is 6.45. The lowest BCUT2D eigenvalue weighted by Gasteiger charge is -2.07. The molecule has 0 bridgehead atoms. The van der Waals surface area contributed by atoms with Crippen LogP contribution in [0.5, 0.6) is 0 Å². The summed E-state index contributed by atoms with van der Waals surface area (Å²) in [6, 6.07) is 8.06. The van der Waals surface area contributed by atoms with Crippen molar-refractivity contribution in [2.24, 2.45) is 5.16 Å². The molecule has 0 heterocycles. The Balaban J connectivity index is 1.86. The molecule has 94 valence electrons. The van der Waals surface area contributed by atoms with Gasteiger partial charge in [0.25, 0.3) is 0 Å². The Morgan fingerprint density at radius 1 is 1.28 bits per heavy atom. The number of hydrogen-bond donors (Lipinski definition) is 0. The van der Waals surface area contributed by atoms with E-state index in [0.29, 0.717) is 6.61 Å². The Bertz CT molecular complexity index is 460. The van der Waals surface area contributed by atoms with Gasteiger partial charge in [-0.3, -0.25) is 0 Å². The van der Waals surface area contributed by atoms with Crippen LogP contribution in [0.15, 0.2) is 47.6 Å². The van der Waals surface area contributed by atoms with Crippen LogP contribution in [-0.2, 0) is 11.4 Å². The van der Waals surface area contributed by atoms with E-state index in [-0.39, 0.29) is 0 Å². The molecule has 0 spiro atoms. The van der Waals surface area contributed by atoms with Crippen LogP contribution in [0, 0.1) is 0 Å². The van der Waals surface area contributed by atoms with Gasteiger partial charge < -0.3 is 4.84 Å². The second kappa shape index (κ2) is 6.80. The predicted octanol–water partition coefficient (Wildman–Crippen LogP) is 4.33. The lowest BCUT2D eigenvalue weighted by molar-refractivity contribution is 0.132. The second-order valence-electron chi connectivity index (χ2n) is 4.44. The van der Waals surface area contributed by atoms with Gasteiger partial charge in [0.2, 0.25) is 0 Å². The zero-order chi connectivity index (χ0) is 12.6. The first-order chi connectivity index (χ1) is 8.90. The molecule has 0 aliphatic heterocycles. The molecule has 0 saturated carbocycles. The molecule has 1 aromatic carbocycles. The first-order valence-corrected chi connectivity index (χ1v) is 6.45. The Morgan fingerprint density at radius 2 is 2.17 bits per heavy atom. The van der Waals surface area contributed by atoms with Crippen molar-refractivity contribution >= 4 is 12.3 Å². The van der Waals surface area contributed by atoms with Gasteiger partial charge in [-0.15, -0.1) is 0 Å². The third-order valence-corrected chi connectivity index (χ3v) is 3.11. The van der Waals surface area contributed by atoms with Crippen molar-refractivity contribution < 1.29 is 4.84 Å². The Morgan fingerprint density at radius 3 is 2.94 bits per heavy atom. The number of nitrogens with zero attached hydrogens (tertiary/aromatic N) is 1. The van der Waals surface area contributed by atoms with Gasteiger partial charge in [-0.25, -0.2) is 0 Å². The summed E-state index contributed by atoms with van der Waals surface area (Å²) in [6.07, 6.45) is 10.8. The fourth-order valence-corrected chi connectivity index (χ4v) is 2.06. The lowest BCUT2D eigenvalue weighted by Crippen LogP contribution is -1.95. The first kappa shape index (κ1) is 12.6. The topological polar surface area (TPSA) is 21.6 Å². The minimum absolute atomic E-state index is 0.492. The molecular formula is C16H19NO. The van der Waals surface area contributed by atoms with E-state index in [0.717, 1.165) is 17.5 Å². The van der Waals surface area contributed by atoms with Crippen LogP contribution in [-0.4, -0.2) is 6.21 Å². The average Bonchev–Trinajstić information content (AvgIpc) is 2.45. The molecule has 0 N–H and O–H groups in total. The quantitative estimate of drug-likeness (QED) is 0.555. The fourth-order valence-electron chi connectivity index (χ4n) is 2.06. The van der Waals surface area contributed by atoms with Gasteiger partial charge in [0.15, 0.2) is 0 Å². The third kappa shape index (κ3) is 3.59. The number of rotatable bonds is 5. The number of benzene rings is 1. The van der Waals surface area contributed by atoms with Crippen molar-refractivity contribution in [1.82, 2.24) is 0 Å². The van der Waals surface area contributed by atoms with Gasteiger partial charge in [0.05, 0.1) is 6.21 Å². The molecule has 2 heteroatoms. The van der Waals surface area contributed by atoms with Crippen molar-refractivity contribution in [3.05, 3.63) is 53.6 Å². The maximum atomic E-state index is 5.35. The molecule has 0 aromatic heterocycles. The van der Waals surface area contributed by atoms with Crippen LogP contribution in [0.1, 0.15) is 36.8 Å². The summed E-state index contributed by atoms with van der Waals surface area (Å²) in [5.41, 5.74) is 3.50. The third-order valence-electron chi connectivity index (χ3n) is 3.11. The van der Waals surface area contributed by atoms with Gasteiger partial charge in [-0.1, -0.05) is 48.2 Å². The highest BCUT2D eigenvalue weighted by atomic mass is 16.6. The van der Waals surface area contributed by atoms with Crippen LogP contribution in [0.2, 0.25) is 0 Å². The highest BCUT2D eigenvalue weighted by Gasteiger charge is 2.01. The van der Waals surface area contributed by atoms with E-state index in [2.05, 4.69) is 17.8 Å². The zero-order valence-electron chi connectivity index (χ0n) is 10.6. The van der Waals surface area contributed by atoms with E-state index >= 15 is 0 Å². The summed E-state index contributed by atoms with van der Waals surface area (Å²) in [7, 11) is 0. The molecule has 2 nitrogen and oxygen atoms in total. The molecule has 18 heavy (non-hydrogen) atoms. The van der Waals surface area contributed by atoms with Gasteiger partial charge in [-0.05, 0) is 42.4 Å². The molecule has 0 radical (unpaired) electrons. The standard InChI is InChI=1S/C16H19NO/c1-2-15-10-6-7-11-16(15)13-18-17-12-14-8-4-3-5-9-14/h2,6-8,10-12H,1,3-5,9,13H2. The minimum Gasteiger partial charge on any atom is -0.391 e. The van der Waals surface area contributed by atoms with Gasteiger partial charge in [0.1, 0.15) is 6.61 Å². The monoisotopic (exact) mass is 241 g/mol. The number of hydrogen-bond acceptors (Lipinski definition) is 2. The van der Waals surface area contributed by atoms with Gasteiger partial charge in [0, 0.05) is 0 Å². The van der Waals surface area contributed by atoms with Crippen molar-refractivity contribution in [3.8, 4) is 0 Å². The van der Waals surface area contributed by atoms with Crippen LogP contribution in [0.25, 0.3) is 6.08 Å². The van der Waals surface area contributed by atoms with Crippen molar-refractivity contribution in [2.75, 3.05) is 0 Å². The van der Waals surface area contributed by atoms with E-state index in [1.165, 1.54) is 24.8 Å². The van der Waals surface area contributed by atoms with E-state index < -0.39 is 0 Å².